The third kappa shape index (κ3) is 2.02. The van der Waals surface area contributed by atoms with Crippen LogP contribution in [-0.2, 0) is 4.74 Å². The van der Waals surface area contributed by atoms with Gasteiger partial charge in [0, 0.05) is 6.61 Å². The van der Waals surface area contributed by atoms with Crippen molar-refractivity contribution in [1.29, 1.82) is 0 Å². The highest BCUT2D eigenvalue weighted by Crippen LogP contribution is 2.15. The highest BCUT2D eigenvalue weighted by molar-refractivity contribution is 4.97. The normalized spacial score (nSPS) is 27.8. The van der Waals surface area contributed by atoms with E-state index in [0.717, 1.165) is 25.9 Å². The lowest BCUT2D eigenvalue weighted by Crippen LogP contribution is -2.23. The lowest BCUT2D eigenvalue weighted by Gasteiger charge is -2.10. The summed E-state index contributed by atoms with van der Waals surface area (Å²) in [5.41, 5.74) is 5.54. The summed E-state index contributed by atoms with van der Waals surface area (Å²) in [5.74, 6) is 2.49. The van der Waals surface area contributed by atoms with Crippen molar-refractivity contribution < 1.29 is 4.74 Å². The van der Waals surface area contributed by atoms with Crippen LogP contribution in [0.15, 0.2) is 0 Å². The van der Waals surface area contributed by atoms with Crippen LogP contribution in [0.2, 0.25) is 0 Å². The molecule has 10 heavy (non-hydrogen) atoms. The Kier molecular flexibility index (Phi) is 2.73. The lowest BCUT2D eigenvalue weighted by atomic mass is 10.1. The molecule has 56 valence electrons. The van der Waals surface area contributed by atoms with Crippen LogP contribution < -0.4 is 5.73 Å². The van der Waals surface area contributed by atoms with Crippen LogP contribution in [0.1, 0.15) is 19.3 Å². The van der Waals surface area contributed by atoms with E-state index in [1.807, 2.05) is 0 Å². The summed E-state index contributed by atoms with van der Waals surface area (Å²) < 4.78 is 5.35. The third-order valence-corrected chi connectivity index (χ3v) is 1.75. The highest BCUT2D eigenvalue weighted by atomic mass is 16.5. The monoisotopic (exact) mass is 139 g/mol. The summed E-state index contributed by atoms with van der Waals surface area (Å²) in [6.07, 6.45) is 8.54. The number of hydrogen-bond acceptors (Lipinski definition) is 2. The molecule has 0 aromatic heterocycles. The molecule has 1 saturated heterocycles. The van der Waals surface area contributed by atoms with Crippen molar-refractivity contribution in [1.82, 2.24) is 0 Å². The molecule has 2 heteroatoms. The summed E-state index contributed by atoms with van der Waals surface area (Å²) in [5, 5.41) is 0. The molecule has 1 fully saturated rings. The number of nitrogens with two attached hydrogens (primary N) is 1. The van der Waals surface area contributed by atoms with Gasteiger partial charge in [0.1, 0.15) is 0 Å². The van der Waals surface area contributed by atoms with Gasteiger partial charge in [-0.2, -0.15) is 0 Å². The average molecular weight is 139 g/mol. The maximum absolute atomic E-state index is 5.54. The molecule has 0 aliphatic carbocycles. The Morgan fingerprint density at radius 3 is 3.10 bits per heavy atom. The second-order valence-corrected chi connectivity index (χ2v) is 2.64. The van der Waals surface area contributed by atoms with Gasteiger partial charge in [-0.25, -0.2) is 0 Å². The first-order chi connectivity index (χ1) is 4.83. The standard InChI is InChI=1S/C8H13NO/c1-2-7(9)6-8-4-3-5-10-8/h1,7-8H,3-6,9H2. The Morgan fingerprint density at radius 2 is 2.60 bits per heavy atom. The van der Waals surface area contributed by atoms with Gasteiger partial charge < -0.3 is 10.5 Å². The van der Waals surface area contributed by atoms with E-state index in [1.54, 1.807) is 0 Å². The molecule has 0 saturated carbocycles. The summed E-state index contributed by atoms with van der Waals surface area (Å²) in [6.45, 7) is 0.877. The molecule has 1 aliphatic heterocycles. The maximum Gasteiger partial charge on any atom is 0.0686 e. The third-order valence-electron chi connectivity index (χ3n) is 1.75. The molecule has 0 amide bonds. The molecule has 2 atom stereocenters. The van der Waals surface area contributed by atoms with Crippen LogP contribution >= 0.6 is 0 Å². The quantitative estimate of drug-likeness (QED) is 0.566. The van der Waals surface area contributed by atoms with Gasteiger partial charge in [0.25, 0.3) is 0 Å². The van der Waals surface area contributed by atoms with Crippen LogP contribution in [-0.4, -0.2) is 18.8 Å². The maximum atomic E-state index is 5.54. The zero-order chi connectivity index (χ0) is 7.40. The summed E-state index contributed by atoms with van der Waals surface area (Å²) in [6, 6.07) is -0.122. The number of ether oxygens (including phenoxy) is 1. The van der Waals surface area contributed by atoms with Crippen LogP contribution in [0.5, 0.6) is 0 Å². The van der Waals surface area contributed by atoms with E-state index in [-0.39, 0.29) is 6.04 Å². The van der Waals surface area contributed by atoms with Gasteiger partial charge in [-0.15, -0.1) is 6.42 Å². The van der Waals surface area contributed by atoms with Gasteiger partial charge in [-0.3, -0.25) is 0 Å². The summed E-state index contributed by atoms with van der Waals surface area (Å²) >= 11 is 0. The predicted octanol–water partition coefficient (Wildman–Crippen LogP) is 0.516. The predicted molar refractivity (Wildman–Crippen MR) is 40.4 cm³/mol. The van der Waals surface area contributed by atoms with Crippen molar-refractivity contribution in [3.8, 4) is 12.3 Å². The summed E-state index contributed by atoms with van der Waals surface area (Å²) in [7, 11) is 0. The lowest BCUT2D eigenvalue weighted by molar-refractivity contribution is 0.102. The zero-order valence-corrected chi connectivity index (χ0v) is 6.05. The van der Waals surface area contributed by atoms with Gasteiger partial charge in [0.2, 0.25) is 0 Å². The molecule has 2 N–H and O–H groups in total. The van der Waals surface area contributed by atoms with Crippen LogP contribution in [0.25, 0.3) is 0 Å². The molecule has 2 nitrogen and oxygen atoms in total. The molecule has 0 radical (unpaired) electrons. The number of terminal acetylenes is 1. The molecule has 0 aromatic carbocycles. The summed E-state index contributed by atoms with van der Waals surface area (Å²) in [4.78, 5) is 0. The topological polar surface area (TPSA) is 35.2 Å². The van der Waals surface area contributed by atoms with E-state index in [2.05, 4.69) is 5.92 Å². The van der Waals surface area contributed by atoms with Crippen LogP contribution in [0.4, 0.5) is 0 Å². The minimum atomic E-state index is -0.122. The smallest absolute Gasteiger partial charge is 0.0686 e. The Balaban J connectivity index is 2.19. The molecule has 1 heterocycles. The number of hydrogen-bond donors (Lipinski definition) is 1. The first-order valence-corrected chi connectivity index (χ1v) is 3.66. The zero-order valence-electron chi connectivity index (χ0n) is 6.05. The molecule has 2 unspecified atom stereocenters. The molecular formula is C8H13NO. The fourth-order valence-electron chi connectivity index (χ4n) is 1.18. The first-order valence-electron chi connectivity index (χ1n) is 3.66. The SMILES string of the molecule is C#CC(N)CC1CCCO1. The Morgan fingerprint density at radius 1 is 1.80 bits per heavy atom. The second-order valence-electron chi connectivity index (χ2n) is 2.64. The van der Waals surface area contributed by atoms with Gasteiger partial charge >= 0.3 is 0 Å². The first kappa shape index (κ1) is 7.59. The van der Waals surface area contributed by atoms with Crippen molar-refractivity contribution in [2.75, 3.05) is 6.61 Å². The van der Waals surface area contributed by atoms with E-state index in [4.69, 9.17) is 16.9 Å². The van der Waals surface area contributed by atoms with Crippen molar-refractivity contribution >= 4 is 0 Å². The molecule has 0 bridgehead atoms. The fourth-order valence-corrected chi connectivity index (χ4v) is 1.18. The van der Waals surface area contributed by atoms with Gasteiger partial charge in [0.05, 0.1) is 12.1 Å². The van der Waals surface area contributed by atoms with Crippen LogP contribution in [0, 0.1) is 12.3 Å². The van der Waals surface area contributed by atoms with Crippen molar-refractivity contribution in [2.24, 2.45) is 5.73 Å². The molecule has 1 aliphatic rings. The van der Waals surface area contributed by atoms with Gasteiger partial charge in [-0.1, -0.05) is 5.92 Å². The number of rotatable bonds is 2. The van der Waals surface area contributed by atoms with E-state index in [1.165, 1.54) is 0 Å². The fraction of sp³-hybridized carbons (Fsp3) is 0.750. The highest BCUT2D eigenvalue weighted by Gasteiger charge is 2.17. The van der Waals surface area contributed by atoms with E-state index in [0.29, 0.717) is 6.10 Å². The minimum Gasteiger partial charge on any atom is -0.378 e. The van der Waals surface area contributed by atoms with Crippen molar-refractivity contribution in [2.45, 2.75) is 31.4 Å². The molecule has 0 spiro atoms. The van der Waals surface area contributed by atoms with Crippen molar-refractivity contribution in [3.05, 3.63) is 0 Å². The Labute approximate surface area is 61.7 Å². The average Bonchev–Trinajstić information content (AvgIpc) is 2.40. The molecule has 0 aromatic rings. The van der Waals surface area contributed by atoms with E-state index >= 15 is 0 Å². The second kappa shape index (κ2) is 3.60. The molecular weight excluding hydrogens is 126 g/mol. The van der Waals surface area contributed by atoms with Gasteiger partial charge in [0.15, 0.2) is 0 Å². The van der Waals surface area contributed by atoms with Crippen LogP contribution in [0.3, 0.4) is 0 Å². The van der Waals surface area contributed by atoms with Crippen molar-refractivity contribution in [3.63, 3.8) is 0 Å². The Bertz CT molecular complexity index is 133. The minimum absolute atomic E-state index is 0.122. The largest absolute Gasteiger partial charge is 0.378 e. The van der Waals surface area contributed by atoms with Gasteiger partial charge in [-0.05, 0) is 19.3 Å². The Hall–Kier alpha value is -0.520. The molecule has 1 rings (SSSR count). The van der Waals surface area contributed by atoms with E-state index in [9.17, 15) is 0 Å². The van der Waals surface area contributed by atoms with E-state index < -0.39 is 0 Å².